The largest absolute Gasteiger partial charge is 0.396 e. The first-order valence-corrected chi connectivity index (χ1v) is 7.44. The van der Waals surface area contributed by atoms with Crippen LogP contribution in [-0.4, -0.2) is 40.2 Å². The predicted octanol–water partition coefficient (Wildman–Crippen LogP) is 2.05. The summed E-state index contributed by atoms with van der Waals surface area (Å²) < 4.78 is 20.1. The van der Waals surface area contributed by atoms with Crippen molar-refractivity contribution in [3.63, 3.8) is 0 Å². The van der Waals surface area contributed by atoms with Gasteiger partial charge in [-0.1, -0.05) is 0 Å². The van der Waals surface area contributed by atoms with Crippen molar-refractivity contribution in [1.29, 1.82) is 0 Å². The lowest BCUT2D eigenvalue weighted by atomic mass is 9.78. The Morgan fingerprint density at radius 2 is 2.27 bits per heavy atom. The maximum absolute atomic E-state index is 13.0. The molecular formula is C16H20FN3O2. The number of rotatable bonds is 5. The van der Waals surface area contributed by atoms with Crippen LogP contribution in [0.5, 0.6) is 0 Å². The van der Waals surface area contributed by atoms with E-state index in [4.69, 9.17) is 4.74 Å². The molecular weight excluding hydrogens is 285 g/mol. The van der Waals surface area contributed by atoms with E-state index in [1.165, 1.54) is 12.3 Å². The van der Waals surface area contributed by atoms with Crippen molar-refractivity contribution >= 4 is 0 Å². The van der Waals surface area contributed by atoms with Crippen molar-refractivity contribution < 1.29 is 14.2 Å². The van der Waals surface area contributed by atoms with Crippen LogP contribution < -0.4 is 0 Å². The minimum Gasteiger partial charge on any atom is -0.396 e. The Balaban J connectivity index is 1.84. The van der Waals surface area contributed by atoms with Gasteiger partial charge in [0.2, 0.25) is 0 Å². The smallest absolute Gasteiger partial charge is 0.141 e. The number of aromatic nitrogens is 3. The van der Waals surface area contributed by atoms with Crippen LogP contribution in [0.4, 0.5) is 4.39 Å². The number of pyridine rings is 1. The second-order valence-corrected chi connectivity index (χ2v) is 5.94. The third kappa shape index (κ3) is 2.89. The van der Waals surface area contributed by atoms with Gasteiger partial charge in [0.15, 0.2) is 0 Å². The van der Waals surface area contributed by atoms with E-state index in [1.807, 2.05) is 10.7 Å². The SMILES string of the molecule is COCCC1(CO)CCc2cc(-c3ccc(F)cn3)nn2C1. The number of ether oxygens (including phenoxy) is 1. The van der Waals surface area contributed by atoms with Gasteiger partial charge in [0.1, 0.15) is 11.5 Å². The van der Waals surface area contributed by atoms with Gasteiger partial charge in [-0.25, -0.2) is 4.39 Å². The third-order valence-corrected chi connectivity index (χ3v) is 4.42. The topological polar surface area (TPSA) is 60.2 Å². The summed E-state index contributed by atoms with van der Waals surface area (Å²) in [5.74, 6) is -0.355. The van der Waals surface area contributed by atoms with Crippen molar-refractivity contribution in [3.8, 4) is 11.4 Å². The van der Waals surface area contributed by atoms with Gasteiger partial charge in [0.25, 0.3) is 0 Å². The third-order valence-electron chi connectivity index (χ3n) is 4.42. The van der Waals surface area contributed by atoms with Gasteiger partial charge in [0.05, 0.1) is 18.5 Å². The van der Waals surface area contributed by atoms with Gasteiger partial charge >= 0.3 is 0 Å². The number of halogens is 1. The molecule has 6 heteroatoms. The summed E-state index contributed by atoms with van der Waals surface area (Å²) in [7, 11) is 1.67. The molecule has 2 aromatic rings. The lowest BCUT2D eigenvalue weighted by molar-refractivity contribution is 0.0409. The molecule has 0 saturated heterocycles. The number of aryl methyl sites for hydroxylation is 1. The van der Waals surface area contributed by atoms with Crippen molar-refractivity contribution in [3.05, 3.63) is 35.9 Å². The molecule has 0 aliphatic carbocycles. The van der Waals surface area contributed by atoms with E-state index in [0.717, 1.165) is 30.7 Å². The summed E-state index contributed by atoms with van der Waals surface area (Å²) in [6.45, 7) is 1.42. The molecule has 0 spiro atoms. The maximum atomic E-state index is 13.0. The lowest BCUT2D eigenvalue weighted by Crippen LogP contribution is -2.37. The fraction of sp³-hybridized carbons (Fsp3) is 0.500. The number of hydrogen-bond donors (Lipinski definition) is 1. The van der Waals surface area contributed by atoms with Crippen LogP contribution in [0.1, 0.15) is 18.5 Å². The summed E-state index contributed by atoms with van der Waals surface area (Å²) >= 11 is 0. The molecule has 0 fully saturated rings. The fourth-order valence-electron chi connectivity index (χ4n) is 2.97. The fourth-order valence-corrected chi connectivity index (χ4v) is 2.97. The van der Waals surface area contributed by atoms with Crippen molar-refractivity contribution in [2.24, 2.45) is 5.41 Å². The average Bonchev–Trinajstić information content (AvgIpc) is 2.96. The second-order valence-electron chi connectivity index (χ2n) is 5.94. The summed E-state index contributed by atoms with van der Waals surface area (Å²) in [6, 6.07) is 5.02. The summed E-state index contributed by atoms with van der Waals surface area (Å²) in [6.07, 6.45) is 3.78. The molecule has 3 heterocycles. The first-order valence-electron chi connectivity index (χ1n) is 7.44. The molecule has 22 heavy (non-hydrogen) atoms. The molecule has 3 rings (SSSR count). The maximum Gasteiger partial charge on any atom is 0.141 e. The lowest BCUT2D eigenvalue weighted by Gasteiger charge is -2.35. The van der Waals surface area contributed by atoms with E-state index in [1.54, 1.807) is 13.2 Å². The first-order chi connectivity index (χ1) is 10.7. The molecule has 0 radical (unpaired) electrons. The predicted molar refractivity (Wildman–Crippen MR) is 79.7 cm³/mol. The van der Waals surface area contributed by atoms with Gasteiger partial charge in [-0.05, 0) is 37.5 Å². The zero-order valence-corrected chi connectivity index (χ0v) is 12.6. The highest BCUT2D eigenvalue weighted by atomic mass is 19.1. The van der Waals surface area contributed by atoms with E-state index in [9.17, 15) is 9.50 Å². The minimum atomic E-state index is -0.355. The van der Waals surface area contributed by atoms with E-state index >= 15 is 0 Å². The highest BCUT2D eigenvalue weighted by molar-refractivity contribution is 5.54. The molecule has 0 bridgehead atoms. The normalized spacial score (nSPS) is 20.9. The molecule has 118 valence electrons. The van der Waals surface area contributed by atoms with Crippen LogP contribution in [0.25, 0.3) is 11.4 Å². The number of nitrogens with zero attached hydrogens (tertiary/aromatic N) is 3. The van der Waals surface area contributed by atoms with Crippen molar-refractivity contribution in [2.75, 3.05) is 20.3 Å². The Morgan fingerprint density at radius 3 is 2.95 bits per heavy atom. The van der Waals surface area contributed by atoms with Gasteiger partial charge < -0.3 is 9.84 Å². The number of aliphatic hydroxyl groups is 1. The van der Waals surface area contributed by atoms with Crippen molar-refractivity contribution in [1.82, 2.24) is 14.8 Å². The second kappa shape index (κ2) is 6.14. The monoisotopic (exact) mass is 305 g/mol. The standard InChI is InChI=1S/C16H20FN3O2/c1-22-7-6-16(11-21)5-4-13-8-15(19-20(13)10-16)14-3-2-12(17)9-18-14/h2-3,8-9,21H,4-7,10-11H2,1H3. The van der Waals surface area contributed by atoms with Crippen LogP contribution >= 0.6 is 0 Å². The van der Waals surface area contributed by atoms with Crippen LogP contribution in [0.15, 0.2) is 24.4 Å². The van der Waals surface area contributed by atoms with E-state index in [-0.39, 0.29) is 17.8 Å². The van der Waals surface area contributed by atoms with Gasteiger partial charge in [-0.3, -0.25) is 9.67 Å². The van der Waals surface area contributed by atoms with Gasteiger partial charge in [0, 0.05) is 31.4 Å². The highest BCUT2D eigenvalue weighted by Gasteiger charge is 2.34. The van der Waals surface area contributed by atoms with Gasteiger partial charge in [-0.2, -0.15) is 5.10 Å². The van der Waals surface area contributed by atoms with Crippen molar-refractivity contribution in [2.45, 2.75) is 25.8 Å². The highest BCUT2D eigenvalue weighted by Crippen LogP contribution is 2.35. The van der Waals surface area contributed by atoms with Crippen LogP contribution in [0.3, 0.4) is 0 Å². The Hall–Kier alpha value is -1.79. The Labute approximate surface area is 128 Å². The Morgan fingerprint density at radius 1 is 1.41 bits per heavy atom. The molecule has 1 aliphatic rings. The molecule has 0 saturated carbocycles. The first kappa shape index (κ1) is 15.1. The summed E-state index contributed by atoms with van der Waals surface area (Å²) in [4.78, 5) is 4.08. The number of aliphatic hydroxyl groups excluding tert-OH is 1. The van der Waals surface area contributed by atoms with Crippen LogP contribution in [0.2, 0.25) is 0 Å². The van der Waals surface area contributed by atoms with Crippen LogP contribution in [0, 0.1) is 11.2 Å². The summed E-state index contributed by atoms with van der Waals surface area (Å²) in [5.41, 5.74) is 2.36. The Bertz CT molecular complexity index is 641. The quantitative estimate of drug-likeness (QED) is 0.918. The number of methoxy groups -OCH3 is 1. The number of hydrogen-bond acceptors (Lipinski definition) is 4. The Kier molecular flexibility index (Phi) is 4.22. The average molecular weight is 305 g/mol. The molecule has 0 aromatic carbocycles. The van der Waals surface area contributed by atoms with Gasteiger partial charge in [-0.15, -0.1) is 0 Å². The molecule has 1 aliphatic heterocycles. The molecule has 1 unspecified atom stereocenters. The molecule has 0 amide bonds. The molecule has 5 nitrogen and oxygen atoms in total. The molecule has 1 atom stereocenters. The van der Waals surface area contributed by atoms with Crippen LogP contribution in [-0.2, 0) is 17.7 Å². The van der Waals surface area contributed by atoms with E-state index in [2.05, 4.69) is 10.1 Å². The number of fused-ring (bicyclic) bond motifs is 1. The zero-order chi connectivity index (χ0) is 15.6. The molecule has 2 aromatic heterocycles. The molecule has 1 N–H and O–H groups in total. The van der Waals surface area contributed by atoms with E-state index in [0.29, 0.717) is 18.8 Å². The van der Waals surface area contributed by atoms with E-state index < -0.39 is 0 Å². The summed E-state index contributed by atoms with van der Waals surface area (Å²) in [5, 5.41) is 14.4. The zero-order valence-electron chi connectivity index (χ0n) is 12.6. The minimum absolute atomic E-state index is 0.125.